The van der Waals surface area contributed by atoms with Crippen LogP contribution in [0, 0.1) is 0 Å². The highest BCUT2D eigenvalue weighted by Gasteiger charge is 2.05. The minimum absolute atomic E-state index is 0.392. The van der Waals surface area contributed by atoms with Crippen molar-refractivity contribution in [2.75, 3.05) is 6.54 Å². The molecule has 0 aliphatic heterocycles. The van der Waals surface area contributed by atoms with Gasteiger partial charge in [-0.1, -0.05) is 30.3 Å². The second kappa shape index (κ2) is 6.89. The second-order valence-electron chi connectivity index (χ2n) is 4.25. The highest BCUT2D eigenvalue weighted by atomic mass is 16.3. The summed E-state index contributed by atoms with van der Waals surface area (Å²) in [5.74, 6) is 0. The van der Waals surface area contributed by atoms with E-state index in [9.17, 15) is 5.11 Å². The molecule has 94 valence electrons. The summed E-state index contributed by atoms with van der Waals surface area (Å²) in [7, 11) is 0. The predicted octanol–water partition coefficient (Wildman–Crippen LogP) is 2.29. The smallest absolute Gasteiger partial charge is 0.0802 e. The minimum Gasteiger partial charge on any atom is -0.388 e. The van der Waals surface area contributed by atoms with Crippen LogP contribution in [0.2, 0.25) is 0 Å². The molecule has 1 unspecified atom stereocenters. The molecule has 0 radical (unpaired) electrons. The van der Waals surface area contributed by atoms with Gasteiger partial charge < -0.3 is 10.4 Å². The van der Waals surface area contributed by atoms with Crippen molar-refractivity contribution in [3.63, 3.8) is 0 Å². The van der Waals surface area contributed by atoms with Gasteiger partial charge >= 0.3 is 0 Å². The van der Waals surface area contributed by atoms with Crippen LogP contribution in [0.15, 0.2) is 54.9 Å². The lowest BCUT2D eigenvalue weighted by Crippen LogP contribution is -2.17. The Morgan fingerprint density at radius 3 is 2.50 bits per heavy atom. The molecule has 0 saturated heterocycles. The lowest BCUT2D eigenvalue weighted by Gasteiger charge is -2.11. The van der Waals surface area contributed by atoms with Crippen LogP contribution in [-0.2, 0) is 6.54 Å². The number of aliphatic hydroxyl groups is 1. The van der Waals surface area contributed by atoms with Crippen molar-refractivity contribution in [1.82, 2.24) is 10.3 Å². The van der Waals surface area contributed by atoms with Crippen LogP contribution in [-0.4, -0.2) is 16.6 Å². The fourth-order valence-electron chi connectivity index (χ4n) is 1.81. The summed E-state index contributed by atoms with van der Waals surface area (Å²) in [6.45, 7) is 1.60. The third kappa shape index (κ3) is 3.95. The monoisotopic (exact) mass is 242 g/mol. The van der Waals surface area contributed by atoms with Crippen molar-refractivity contribution in [3.05, 3.63) is 66.0 Å². The van der Waals surface area contributed by atoms with Crippen molar-refractivity contribution < 1.29 is 5.11 Å². The predicted molar refractivity (Wildman–Crippen MR) is 72.0 cm³/mol. The first-order chi connectivity index (χ1) is 8.86. The van der Waals surface area contributed by atoms with E-state index >= 15 is 0 Å². The number of hydrogen-bond acceptors (Lipinski definition) is 3. The fourth-order valence-corrected chi connectivity index (χ4v) is 1.81. The normalized spacial score (nSPS) is 12.3. The van der Waals surface area contributed by atoms with E-state index in [0.29, 0.717) is 0 Å². The van der Waals surface area contributed by atoms with Crippen molar-refractivity contribution in [1.29, 1.82) is 0 Å². The van der Waals surface area contributed by atoms with Gasteiger partial charge in [0.2, 0.25) is 0 Å². The molecular weight excluding hydrogens is 224 g/mol. The van der Waals surface area contributed by atoms with Crippen molar-refractivity contribution in [2.45, 2.75) is 19.1 Å². The Balaban J connectivity index is 1.70. The van der Waals surface area contributed by atoms with Gasteiger partial charge in [-0.15, -0.1) is 0 Å². The Hall–Kier alpha value is -1.71. The maximum absolute atomic E-state index is 9.97. The second-order valence-corrected chi connectivity index (χ2v) is 4.25. The molecule has 2 rings (SSSR count). The van der Waals surface area contributed by atoms with Gasteiger partial charge in [0.05, 0.1) is 6.10 Å². The molecule has 1 aromatic heterocycles. The van der Waals surface area contributed by atoms with E-state index in [0.717, 1.165) is 25.1 Å². The molecule has 2 aromatic rings. The molecule has 0 aliphatic rings. The summed E-state index contributed by atoms with van der Waals surface area (Å²) < 4.78 is 0. The van der Waals surface area contributed by atoms with Crippen LogP contribution in [0.1, 0.15) is 23.7 Å². The lowest BCUT2D eigenvalue weighted by molar-refractivity contribution is 0.167. The summed E-state index contributed by atoms with van der Waals surface area (Å²) in [6.07, 6.45) is 3.90. The van der Waals surface area contributed by atoms with Crippen molar-refractivity contribution in [3.8, 4) is 0 Å². The van der Waals surface area contributed by atoms with Gasteiger partial charge in [-0.2, -0.15) is 0 Å². The number of pyridine rings is 1. The average Bonchev–Trinajstić information content (AvgIpc) is 2.45. The third-order valence-corrected chi connectivity index (χ3v) is 2.86. The summed E-state index contributed by atoms with van der Waals surface area (Å²) in [5.41, 5.74) is 2.18. The number of rotatable bonds is 6. The van der Waals surface area contributed by atoms with E-state index in [1.165, 1.54) is 5.56 Å². The summed E-state index contributed by atoms with van der Waals surface area (Å²) in [5, 5.41) is 13.3. The first-order valence-electron chi connectivity index (χ1n) is 6.19. The number of aliphatic hydroxyl groups excluding tert-OH is 1. The lowest BCUT2D eigenvalue weighted by atomic mass is 10.1. The maximum Gasteiger partial charge on any atom is 0.0802 e. The van der Waals surface area contributed by atoms with Gasteiger partial charge in [-0.05, 0) is 36.2 Å². The SMILES string of the molecule is OC(CCNCc1ccncc1)c1ccccc1. The average molecular weight is 242 g/mol. The molecule has 0 aliphatic carbocycles. The van der Waals surface area contributed by atoms with Gasteiger partial charge in [0.25, 0.3) is 0 Å². The molecule has 1 aromatic carbocycles. The van der Waals surface area contributed by atoms with Gasteiger partial charge in [0.15, 0.2) is 0 Å². The number of hydrogen-bond donors (Lipinski definition) is 2. The Bertz CT molecular complexity index is 445. The van der Waals surface area contributed by atoms with Crippen LogP contribution in [0.25, 0.3) is 0 Å². The van der Waals surface area contributed by atoms with Gasteiger partial charge in [0.1, 0.15) is 0 Å². The van der Waals surface area contributed by atoms with E-state index in [1.807, 2.05) is 42.5 Å². The highest BCUT2D eigenvalue weighted by Crippen LogP contribution is 2.14. The van der Waals surface area contributed by atoms with Gasteiger partial charge in [-0.25, -0.2) is 0 Å². The van der Waals surface area contributed by atoms with E-state index in [-0.39, 0.29) is 0 Å². The van der Waals surface area contributed by atoms with Crippen LogP contribution >= 0.6 is 0 Å². The molecule has 1 heterocycles. The molecule has 3 heteroatoms. The van der Waals surface area contributed by atoms with Gasteiger partial charge in [-0.3, -0.25) is 4.98 Å². The van der Waals surface area contributed by atoms with Crippen LogP contribution < -0.4 is 5.32 Å². The van der Waals surface area contributed by atoms with Crippen LogP contribution in [0.4, 0.5) is 0 Å². The molecule has 0 fully saturated rings. The highest BCUT2D eigenvalue weighted by molar-refractivity contribution is 5.17. The number of nitrogens with one attached hydrogen (secondary N) is 1. The van der Waals surface area contributed by atoms with Crippen LogP contribution in [0.3, 0.4) is 0 Å². The summed E-state index contributed by atoms with van der Waals surface area (Å²) in [6, 6.07) is 13.7. The Morgan fingerprint density at radius 2 is 1.78 bits per heavy atom. The molecule has 1 atom stereocenters. The zero-order valence-electron chi connectivity index (χ0n) is 10.3. The largest absolute Gasteiger partial charge is 0.388 e. The van der Waals surface area contributed by atoms with E-state index in [2.05, 4.69) is 10.3 Å². The number of aromatic nitrogens is 1. The molecule has 0 spiro atoms. The maximum atomic E-state index is 9.97. The quantitative estimate of drug-likeness (QED) is 0.764. The first-order valence-corrected chi connectivity index (χ1v) is 6.19. The third-order valence-electron chi connectivity index (χ3n) is 2.86. The van der Waals surface area contributed by atoms with E-state index in [1.54, 1.807) is 12.4 Å². The fraction of sp³-hybridized carbons (Fsp3) is 0.267. The molecule has 0 bridgehead atoms. The molecule has 0 saturated carbocycles. The van der Waals surface area contributed by atoms with Crippen molar-refractivity contribution in [2.24, 2.45) is 0 Å². The zero-order chi connectivity index (χ0) is 12.6. The Labute approximate surface area is 108 Å². The number of benzene rings is 1. The minimum atomic E-state index is -0.392. The Morgan fingerprint density at radius 1 is 1.06 bits per heavy atom. The standard InChI is InChI=1S/C15H18N2O/c18-15(14-4-2-1-3-5-14)8-11-17-12-13-6-9-16-10-7-13/h1-7,9-10,15,17-18H,8,11-12H2. The molecular formula is C15H18N2O. The topological polar surface area (TPSA) is 45.1 Å². The van der Waals surface area contributed by atoms with Gasteiger partial charge in [0, 0.05) is 18.9 Å². The van der Waals surface area contributed by atoms with E-state index < -0.39 is 6.10 Å². The summed E-state index contributed by atoms with van der Waals surface area (Å²) >= 11 is 0. The van der Waals surface area contributed by atoms with Crippen molar-refractivity contribution >= 4 is 0 Å². The number of nitrogens with zero attached hydrogens (tertiary/aromatic N) is 1. The molecule has 3 nitrogen and oxygen atoms in total. The molecule has 0 amide bonds. The molecule has 2 N–H and O–H groups in total. The molecule has 18 heavy (non-hydrogen) atoms. The first kappa shape index (κ1) is 12.7. The summed E-state index contributed by atoms with van der Waals surface area (Å²) in [4.78, 5) is 3.97. The zero-order valence-corrected chi connectivity index (χ0v) is 10.3. The van der Waals surface area contributed by atoms with Crippen LogP contribution in [0.5, 0.6) is 0 Å². The Kier molecular flexibility index (Phi) is 4.88. The van der Waals surface area contributed by atoms with E-state index in [4.69, 9.17) is 0 Å².